The van der Waals surface area contributed by atoms with E-state index in [0.717, 1.165) is 36.3 Å². The van der Waals surface area contributed by atoms with Crippen LogP contribution in [0.4, 0.5) is 0 Å². The van der Waals surface area contributed by atoms with Gasteiger partial charge in [-0.2, -0.15) is 0 Å². The maximum atomic E-state index is 12.4. The van der Waals surface area contributed by atoms with E-state index in [1.807, 2.05) is 13.0 Å². The SMILES string of the molecule is CCn1c(C)cc(C(=O)COC2CC(C)CC(C)C2)c1C. The number of aromatic nitrogens is 1. The first-order chi connectivity index (χ1) is 9.92. The Bertz CT molecular complexity index is 494. The lowest BCUT2D eigenvalue weighted by atomic mass is 9.82. The Labute approximate surface area is 128 Å². The minimum atomic E-state index is 0.119. The fourth-order valence-electron chi connectivity index (χ4n) is 3.85. The molecular weight excluding hydrogens is 262 g/mol. The molecule has 2 unspecified atom stereocenters. The second-order valence-electron chi connectivity index (χ2n) is 6.80. The van der Waals surface area contributed by atoms with Crippen LogP contribution in [0.3, 0.4) is 0 Å². The fraction of sp³-hybridized carbons (Fsp3) is 0.722. The number of carbonyl (C=O) groups excluding carboxylic acids is 1. The Morgan fingerprint density at radius 3 is 2.38 bits per heavy atom. The highest BCUT2D eigenvalue weighted by Gasteiger charge is 2.25. The summed E-state index contributed by atoms with van der Waals surface area (Å²) in [6, 6.07) is 2.00. The van der Waals surface area contributed by atoms with Gasteiger partial charge in [0.1, 0.15) is 6.61 Å². The maximum Gasteiger partial charge on any atom is 0.190 e. The average Bonchev–Trinajstić information content (AvgIpc) is 2.70. The molecule has 1 aromatic rings. The zero-order chi connectivity index (χ0) is 15.6. The van der Waals surface area contributed by atoms with Crippen LogP contribution in [-0.4, -0.2) is 23.1 Å². The number of hydrogen-bond donors (Lipinski definition) is 0. The van der Waals surface area contributed by atoms with Gasteiger partial charge >= 0.3 is 0 Å². The first-order valence-electron chi connectivity index (χ1n) is 8.23. The summed E-state index contributed by atoms with van der Waals surface area (Å²) in [5, 5.41) is 0. The van der Waals surface area contributed by atoms with Crippen molar-refractivity contribution in [3.63, 3.8) is 0 Å². The second kappa shape index (κ2) is 6.78. The Hall–Kier alpha value is -1.09. The topological polar surface area (TPSA) is 31.2 Å². The standard InChI is InChI=1S/C18H29NO2/c1-6-19-14(4)10-17(15(19)5)18(20)11-21-16-8-12(2)7-13(3)9-16/h10,12-13,16H,6-9,11H2,1-5H3. The van der Waals surface area contributed by atoms with Crippen molar-refractivity contribution in [1.29, 1.82) is 0 Å². The van der Waals surface area contributed by atoms with E-state index in [2.05, 4.69) is 32.3 Å². The van der Waals surface area contributed by atoms with E-state index in [-0.39, 0.29) is 18.5 Å². The first-order valence-corrected chi connectivity index (χ1v) is 8.23. The molecular formula is C18H29NO2. The molecule has 1 aromatic heterocycles. The lowest BCUT2D eigenvalue weighted by molar-refractivity contribution is 0.00559. The molecule has 0 amide bonds. The van der Waals surface area contributed by atoms with E-state index < -0.39 is 0 Å². The highest BCUT2D eigenvalue weighted by molar-refractivity contribution is 5.98. The van der Waals surface area contributed by atoms with Crippen molar-refractivity contribution in [1.82, 2.24) is 4.57 Å². The smallest absolute Gasteiger partial charge is 0.190 e. The largest absolute Gasteiger partial charge is 0.370 e. The quantitative estimate of drug-likeness (QED) is 0.763. The lowest BCUT2D eigenvalue weighted by Crippen LogP contribution is -2.28. The summed E-state index contributed by atoms with van der Waals surface area (Å²) in [5.74, 6) is 1.53. The van der Waals surface area contributed by atoms with Gasteiger partial charge in [-0.05, 0) is 57.9 Å². The lowest BCUT2D eigenvalue weighted by Gasteiger charge is -2.31. The number of aryl methyl sites for hydroxylation is 1. The molecule has 1 aliphatic carbocycles. The monoisotopic (exact) mass is 291 g/mol. The van der Waals surface area contributed by atoms with Crippen molar-refractivity contribution in [2.75, 3.05) is 6.61 Å². The van der Waals surface area contributed by atoms with Crippen LogP contribution in [0.5, 0.6) is 0 Å². The Balaban J connectivity index is 1.96. The molecule has 0 N–H and O–H groups in total. The maximum absolute atomic E-state index is 12.4. The van der Waals surface area contributed by atoms with Crippen LogP contribution in [0.25, 0.3) is 0 Å². The zero-order valence-electron chi connectivity index (χ0n) is 14.1. The number of carbonyl (C=O) groups is 1. The van der Waals surface area contributed by atoms with Crippen molar-refractivity contribution >= 4 is 5.78 Å². The molecule has 0 spiro atoms. The van der Waals surface area contributed by atoms with Gasteiger partial charge in [0.15, 0.2) is 5.78 Å². The minimum absolute atomic E-state index is 0.119. The third-order valence-electron chi connectivity index (χ3n) is 4.78. The van der Waals surface area contributed by atoms with Gasteiger partial charge < -0.3 is 9.30 Å². The van der Waals surface area contributed by atoms with E-state index in [9.17, 15) is 4.79 Å². The summed E-state index contributed by atoms with van der Waals surface area (Å²) in [6.07, 6.45) is 3.71. The predicted octanol–water partition coefficient (Wildman–Crippen LogP) is 4.15. The molecule has 1 aliphatic rings. The van der Waals surface area contributed by atoms with Crippen molar-refractivity contribution in [2.24, 2.45) is 11.8 Å². The van der Waals surface area contributed by atoms with Crippen LogP contribution in [0.1, 0.15) is 61.8 Å². The van der Waals surface area contributed by atoms with E-state index >= 15 is 0 Å². The van der Waals surface area contributed by atoms with Gasteiger partial charge in [0, 0.05) is 23.5 Å². The Morgan fingerprint density at radius 1 is 1.24 bits per heavy atom. The normalized spacial score (nSPS) is 26.0. The average molecular weight is 291 g/mol. The van der Waals surface area contributed by atoms with Crippen LogP contribution in [0, 0.1) is 25.7 Å². The van der Waals surface area contributed by atoms with Crippen molar-refractivity contribution < 1.29 is 9.53 Å². The van der Waals surface area contributed by atoms with E-state index in [1.54, 1.807) is 0 Å². The molecule has 3 heteroatoms. The first kappa shape index (κ1) is 16.3. The summed E-state index contributed by atoms with van der Waals surface area (Å²) in [4.78, 5) is 12.4. The van der Waals surface area contributed by atoms with Gasteiger partial charge in [0.2, 0.25) is 0 Å². The molecule has 1 fully saturated rings. The highest BCUT2D eigenvalue weighted by atomic mass is 16.5. The molecule has 1 saturated carbocycles. The molecule has 118 valence electrons. The van der Waals surface area contributed by atoms with E-state index in [4.69, 9.17) is 4.74 Å². The Kier molecular flexibility index (Phi) is 5.26. The molecule has 21 heavy (non-hydrogen) atoms. The zero-order valence-corrected chi connectivity index (χ0v) is 14.1. The summed E-state index contributed by atoms with van der Waals surface area (Å²) >= 11 is 0. The number of ether oxygens (including phenoxy) is 1. The van der Waals surface area contributed by atoms with Gasteiger partial charge in [-0.3, -0.25) is 4.79 Å². The summed E-state index contributed by atoms with van der Waals surface area (Å²) in [6.45, 7) is 11.9. The molecule has 0 aliphatic heterocycles. The number of nitrogens with zero attached hydrogens (tertiary/aromatic N) is 1. The van der Waals surface area contributed by atoms with Crippen LogP contribution >= 0.6 is 0 Å². The van der Waals surface area contributed by atoms with E-state index in [0.29, 0.717) is 11.8 Å². The van der Waals surface area contributed by atoms with Gasteiger partial charge in [-0.15, -0.1) is 0 Å². The van der Waals surface area contributed by atoms with Gasteiger partial charge in [-0.25, -0.2) is 0 Å². The molecule has 0 radical (unpaired) electrons. The molecule has 2 rings (SSSR count). The van der Waals surface area contributed by atoms with Gasteiger partial charge in [0.05, 0.1) is 6.10 Å². The molecule has 2 atom stereocenters. The van der Waals surface area contributed by atoms with Gasteiger partial charge in [-0.1, -0.05) is 13.8 Å². The molecule has 0 bridgehead atoms. The predicted molar refractivity (Wildman–Crippen MR) is 85.8 cm³/mol. The van der Waals surface area contributed by atoms with Gasteiger partial charge in [0.25, 0.3) is 0 Å². The molecule has 3 nitrogen and oxygen atoms in total. The van der Waals surface area contributed by atoms with Crippen LogP contribution in [0.15, 0.2) is 6.07 Å². The third kappa shape index (κ3) is 3.76. The minimum Gasteiger partial charge on any atom is -0.370 e. The van der Waals surface area contributed by atoms with Crippen LogP contribution in [-0.2, 0) is 11.3 Å². The number of Topliss-reactive ketones (excluding diaryl/α,β-unsaturated/α-hetero) is 1. The summed E-state index contributed by atoms with van der Waals surface area (Å²) in [7, 11) is 0. The van der Waals surface area contributed by atoms with Crippen molar-refractivity contribution in [2.45, 2.75) is 66.5 Å². The van der Waals surface area contributed by atoms with Crippen LogP contribution < -0.4 is 0 Å². The number of hydrogen-bond acceptors (Lipinski definition) is 2. The summed E-state index contributed by atoms with van der Waals surface area (Å²) in [5.41, 5.74) is 3.04. The second-order valence-corrected chi connectivity index (χ2v) is 6.80. The summed E-state index contributed by atoms with van der Waals surface area (Å²) < 4.78 is 8.10. The van der Waals surface area contributed by atoms with Crippen molar-refractivity contribution in [3.05, 3.63) is 23.0 Å². The van der Waals surface area contributed by atoms with Crippen LogP contribution in [0.2, 0.25) is 0 Å². The fourth-order valence-corrected chi connectivity index (χ4v) is 3.85. The third-order valence-corrected chi connectivity index (χ3v) is 4.78. The highest BCUT2D eigenvalue weighted by Crippen LogP contribution is 2.30. The molecule has 0 aromatic carbocycles. The number of ketones is 1. The van der Waals surface area contributed by atoms with Crippen molar-refractivity contribution in [3.8, 4) is 0 Å². The Morgan fingerprint density at radius 2 is 1.86 bits per heavy atom. The van der Waals surface area contributed by atoms with E-state index in [1.165, 1.54) is 6.42 Å². The molecule has 1 heterocycles. The number of rotatable bonds is 5. The molecule has 0 saturated heterocycles.